The van der Waals surface area contributed by atoms with Crippen LogP contribution in [0.25, 0.3) is 0 Å². The number of ether oxygens (including phenoxy) is 1. The lowest BCUT2D eigenvalue weighted by atomic mass is 10.1. The van der Waals surface area contributed by atoms with Crippen molar-refractivity contribution in [2.24, 2.45) is 0 Å². The molecule has 1 heterocycles. The molecule has 0 radical (unpaired) electrons. The van der Waals surface area contributed by atoms with Gasteiger partial charge in [0.25, 0.3) is 0 Å². The van der Waals surface area contributed by atoms with E-state index in [0.717, 1.165) is 30.0 Å². The van der Waals surface area contributed by atoms with E-state index in [1.807, 2.05) is 24.4 Å². The zero-order valence-electron chi connectivity index (χ0n) is 10.8. The predicted octanol–water partition coefficient (Wildman–Crippen LogP) is 2.62. The van der Waals surface area contributed by atoms with Gasteiger partial charge in [-0.15, -0.1) is 0 Å². The van der Waals surface area contributed by atoms with Crippen LogP contribution in [0.4, 0.5) is 5.69 Å². The Labute approximate surface area is 112 Å². The molecule has 0 amide bonds. The Hall–Kier alpha value is -2.54. The van der Waals surface area contributed by atoms with Crippen LogP contribution in [0.5, 0.6) is 5.75 Å². The third-order valence-corrected chi connectivity index (χ3v) is 2.80. The van der Waals surface area contributed by atoms with Gasteiger partial charge in [-0.05, 0) is 30.2 Å². The van der Waals surface area contributed by atoms with E-state index in [4.69, 9.17) is 10.00 Å². The van der Waals surface area contributed by atoms with Gasteiger partial charge in [0.15, 0.2) is 0 Å². The zero-order valence-corrected chi connectivity index (χ0v) is 10.8. The molecule has 19 heavy (non-hydrogen) atoms. The predicted molar refractivity (Wildman–Crippen MR) is 74.1 cm³/mol. The van der Waals surface area contributed by atoms with Crippen LogP contribution in [0.15, 0.2) is 42.7 Å². The van der Waals surface area contributed by atoms with Gasteiger partial charge in [-0.2, -0.15) is 5.26 Å². The molecule has 0 bridgehead atoms. The van der Waals surface area contributed by atoms with Crippen LogP contribution in [0.3, 0.4) is 0 Å². The summed E-state index contributed by atoms with van der Waals surface area (Å²) in [5, 5.41) is 12.3. The van der Waals surface area contributed by atoms with Crippen molar-refractivity contribution in [2.75, 3.05) is 19.0 Å². The molecule has 0 spiro atoms. The quantitative estimate of drug-likeness (QED) is 0.889. The highest BCUT2D eigenvalue weighted by Crippen LogP contribution is 2.21. The van der Waals surface area contributed by atoms with Crippen LogP contribution < -0.4 is 10.1 Å². The normalized spacial score (nSPS) is 9.68. The highest BCUT2D eigenvalue weighted by molar-refractivity contribution is 5.60. The van der Waals surface area contributed by atoms with Gasteiger partial charge in [-0.25, -0.2) is 0 Å². The van der Waals surface area contributed by atoms with E-state index in [-0.39, 0.29) is 0 Å². The Kier molecular flexibility index (Phi) is 4.35. The van der Waals surface area contributed by atoms with Crippen molar-refractivity contribution in [1.29, 1.82) is 5.26 Å². The first-order valence-electron chi connectivity index (χ1n) is 6.04. The first-order valence-corrected chi connectivity index (χ1v) is 6.04. The molecule has 0 aliphatic rings. The Balaban J connectivity index is 2.01. The van der Waals surface area contributed by atoms with E-state index in [1.54, 1.807) is 25.4 Å². The number of rotatable bonds is 5. The maximum absolute atomic E-state index is 9.06. The standard InChI is InChI=1S/C15H15N3O/c1-19-14-5-4-13(10-16)15(9-14)18-8-6-12-3-2-7-17-11-12/h2-5,7,9,11,18H,6,8H2,1H3. The molecule has 1 aromatic carbocycles. The molecule has 1 N–H and O–H groups in total. The molecule has 0 fully saturated rings. The Morgan fingerprint density at radius 1 is 1.37 bits per heavy atom. The summed E-state index contributed by atoms with van der Waals surface area (Å²) in [5.74, 6) is 0.739. The Morgan fingerprint density at radius 2 is 2.26 bits per heavy atom. The Morgan fingerprint density at radius 3 is 2.95 bits per heavy atom. The summed E-state index contributed by atoms with van der Waals surface area (Å²) in [6.07, 6.45) is 4.46. The van der Waals surface area contributed by atoms with Gasteiger partial charge in [0.05, 0.1) is 18.4 Å². The SMILES string of the molecule is COc1ccc(C#N)c(NCCc2cccnc2)c1. The van der Waals surface area contributed by atoms with Crippen LogP contribution in [0.1, 0.15) is 11.1 Å². The molecular formula is C15H15N3O. The van der Waals surface area contributed by atoms with E-state index in [2.05, 4.69) is 16.4 Å². The number of anilines is 1. The number of hydrogen-bond acceptors (Lipinski definition) is 4. The highest BCUT2D eigenvalue weighted by atomic mass is 16.5. The summed E-state index contributed by atoms with van der Waals surface area (Å²) in [5.41, 5.74) is 2.58. The molecule has 1 aromatic heterocycles. The lowest BCUT2D eigenvalue weighted by Crippen LogP contribution is -2.06. The highest BCUT2D eigenvalue weighted by Gasteiger charge is 2.03. The molecule has 0 saturated carbocycles. The van der Waals surface area contributed by atoms with E-state index in [9.17, 15) is 0 Å². The average molecular weight is 253 g/mol. The van der Waals surface area contributed by atoms with Crippen LogP contribution in [-0.2, 0) is 6.42 Å². The third kappa shape index (κ3) is 3.46. The van der Waals surface area contributed by atoms with Gasteiger partial charge in [0, 0.05) is 25.0 Å². The topological polar surface area (TPSA) is 57.9 Å². The number of nitrogens with zero attached hydrogens (tertiary/aromatic N) is 2. The first-order chi connectivity index (χ1) is 9.33. The van der Waals surface area contributed by atoms with E-state index >= 15 is 0 Å². The largest absolute Gasteiger partial charge is 0.497 e. The molecule has 4 heteroatoms. The first kappa shape index (κ1) is 12.9. The fraction of sp³-hybridized carbons (Fsp3) is 0.200. The molecular weight excluding hydrogens is 238 g/mol. The van der Waals surface area contributed by atoms with Gasteiger partial charge >= 0.3 is 0 Å². The lowest BCUT2D eigenvalue weighted by molar-refractivity contribution is 0.415. The van der Waals surface area contributed by atoms with Crippen LogP contribution in [0, 0.1) is 11.3 Å². The van der Waals surface area contributed by atoms with Crippen molar-refractivity contribution in [1.82, 2.24) is 4.98 Å². The van der Waals surface area contributed by atoms with Crippen molar-refractivity contribution >= 4 is 5.69 Å². The number of nitrogens with one attached hydrogen (secondary N) is 1. The van der Waals surface area contributed by atoms with Crippen LogP contribution in [-0.4, -0.2) is 18.6 Å². The average Bonchev–Trinajstić information content (AvgIpc) is 2.48. The van der Waals surface area contributed by atoms with E-state index in [1.165, 1.54) is 0 Å². The van der Waals surface area contributed by atoms with Gasteiger partial charge in [0.1, 0.15) is 11.8 Å². The van der Waals surface area contributed by atoms with E-state index < -0.39 is 0 Å². The molecule has 4 nitrogen and oxygen atoms in total. The summed E-state index contributed by atoms with van der Waals surface area (Å²) in [7, 11) is 1.61. The fourth-order valence-electron chi connectivity index (χ4n) is 1.78. The maximum Gasteiger partial charge on any atom is 0.121 e. The van der Waals surface area contributed by atoms with Gasteiger partial charge in [-0.3, -0.25) is 4.98 Å². The lowest BCUT2D eigenvalue weighted by Gasteiger charge is -2.09. The molecule has 0 unspecified atom stereocenters. The number of aromatic nitrogens is 1. The molecule has 0 aliphatic carbocycles. The molecule has 0 saturated heterocycles. The Bertz CT molecular complexity index is 576. The fourth-order valence-corrected chi connectivity index (χ4v) is 1.78. The molecule has 2 rings (SSSR count). The second-order valence-corrected chi connectivity index (χ2v) is 4.06. The second kappa shape index (κ2) is 6.41. The molecule has 2 aromatic rings. The number of pyridine rings is 1. The van der Waals surface area contributed by atoms with Crippen molar-refractivity contribution < 1.29 is 4.74 Å². The minimum absolute atomic E-state index is 0.618. The molecule has 0 aliphatic heterocycles. The summed E-state index contributed by atoms with van der Waals surface area (Å²) in [4.78, 5) is 4.07. The summed E-state index contributed by atoms with van der Waals surface area (Å²) in [6.45, 7) is 0.744. The third-order valence-electron chi connectivity index (χ3n) is 2.80. The summed E-state index contributed by atoms with van der Waals surface area (Å²) < 4.78 is 5.16. The molecule has 96 valence electrons. The second-order valence-electron chi connectivity index (χ2n) is 4.06. The van der Waals surface area contributed by atoms with Crippen molar-refractivity contribution in [3.05, 3.63) is 53.9 Å². The summed E-state index contributed by atoms with van der Waals surface area (Å²) >= 11 is 0. The van der Waals surface area contributed by atoms with Crippen molar-refractivity contribution in [2.45, 2.75) is 6.42 Å². The van der Waals surface area contributed by atoms with Crippen molar-refractivity contribution in [3.8, 4) is 11.8 Å². The molecule has 0 atom stereocenters. The van der Waals surface area contributed by atoms with Crippen LogP contribution >= 0.6 is 0 Å². The number of nitriles is 1. The monoisotopic (exact) mass is 253 g/mol. The summed E-state index contributed by atoms with van der Waals surface area (Å²) in [6, 6.07) is 11.5. The zero-order chi connectivity index (χ0) is 13.5. The van der Waals surface area contributed by atoms with Crippen molar-refractivity contribution in [3.63, 3.8) is 0 Å². The van der Waals surface area contributed by atoms with Gasteiger partial charge in [0.2, 0.25) is 0 Å². The van der Waals surface area contributed by atoms with E-state index in [0.29, 0.717) is 5.56 Å². The number of hydrogen-bond donors (Lipinski definition) is 1. The smallest absolute Gasteiger partial charge is 0.121 e. The number of methoxy groups -OCH3 is 1. The van der Waals surface area contributed by atoms with Crippen LogP contribution in [0.2, 0.25) is 0 Å². The minimum Gasteiger partial charge on any atom is -0.497 e. The van der Waals surface area contributed by atoms with Gasteiger partial charge < -0.3 is 10.1 Å². The maximum atomic E-state index is 9.06. The minimum atomic E-state index is 0.618. The number of benzene rings is 1. The van der Waals surface area contributed by atoms with Gasteiger partial charge in [-0.1, -0.05) is 6.07 Å².